The number of hydrogen-bond acceptors (Lipinski definition) is 4. The van der Waals surface area contributed by atoms with E-state index in [1.54, 1.807) is 12.1 Å². The molecule has 1 saturated heterocycles. The molecule has 6 nitrogen and oxygen atoms in total. The molecule has 1 heterocycles. The van der Waals surface area contributed by atoms with Gasteiger partial charge in [-0.25, -0.2) is 0 Å². The van der Waals surface area contributed by atoms with Gasteiger partial charge in [0.2, 0.25) is 5.91 Å². The summed E-state index contributed by atoms with van der Waals surface area (Å²) in [5.74, 6) is 0.735. The summed E-state index contributed by atoms with van der Waals surface area (Å²) in [6, 6.07) is 17.0. The van der Waals surface area contributed by atoms with Crippen molar-refractivity contribution in [2.75, 3.05) is 26.7 Å². The summed E-state index contributed by atoms with van der Waals surface area (Å²) in [4.78, 5) is 27.3. The summed E-state index contributed by atoms with van der Waals surface area (Å²) in [5.41, 5.74) is 2.87. The number of nitrogens with zero attached hydrogens (tertiary/aromatic N) is 1. The molecular weight excluding hydrogens is 402 g/mol. The van der Waals surface area contributed by atoms with E-state index >= 15 is 0 Å². The summed E-state index contributed by atoms with van der Waals surface area (Å²) < 4.78 is 5.25. The van der Waals surface area contributed by atoms with Crippen LogP contribution in [0.25, 0.3) is 0 Å². The van der Waals surface area contributed by atoms with Gasteiger partial charge in [-0.3, -0.25) is 14.5 Å². The molecule has 0 aromatic heterocycles. The van der Waals surface area contributed by atoms with E-state index in [9.17, 15) is 9.59 Å². The molecule has 2 fully saturated rings. The Labute approximate surface area is 190 Å². The Bertz CT molecular complexity index is 933. The first-order chi connectivity index (χ1) is 15.5. The molecule has 2 aromatic carbocycles. The maximum Gasteiger partial charge on any atom is 0.255 e. The van der Waals surface area contributed by atoms with Crippen molar-refractivity contribution in [1.82, 2.24) is 15.5 Å². The summed E-state index contributed by atoms with van der Waals surface area (Å²) in [6.45, 7) is 3.67. The smallest absolute Gasteiger partial charge is 0.255 e. The number of hydrogen-bond donors (Lipinski definition) is 2. The second kappa shape index (κ2) is 10.2. The number of likely N-dealkylation sites (tertiary alicyclic amines) is 1. The molecule has 1 saturated carbocycles. The van der Waals surface area contributed by atoms with Crippen molar-refractivity contribution in [3.63, 3.8) is 0 Å². The highest BCUT2D eigenvalue weighted by molar-refractivity contribution is 5.99. The van der Waals surface area contributed by atoms with Crippen LogP contribution in [0.3, 0.4) is 0 Å². The van der Waals surface area contributed by atoms with Crippen molar-refractivity contribution in [3.05, 3.63) is 65.2 Å². The highest BCUT2D eigenvalue weighted by atomic mass is 16.5. The average molecular weight is 436 g/mol. The third kappa shape index (κ3) is 5.30. The first-order valence-corrected chi connectivity index (χ1v) is 11.5. The summed E-state index contributed by atoms with van der Waals surface area (Å²) in [5, 5.41) is 5.74. The van der Waals surface area contributed by atoms with Gasteiger partial charge in [-0.1, -0.05) is 42.0 Å². The Morgan fingerprint density at radius 2 is 1.75 bits per heavy atom. The fourth-order valence-corrected chi connectivity index (χ4v) is 4.94. The number of aryl methyl sites for hydroxylation is 1. The van der Waals surface area contributed by atoms with E-state index < -0.39 is 0 Å². The van der Waals surface area contributed by atoms with Crippen molar-refractivity contribution >= 4 is 11.8 Å². The van der Waals surface area contributed by atoms with Crippen LogP contribution in [0.15, 0.2) is 48.5 Å². The molecule has 1 aliphatic heterocycles. The van der Waals surface area contributed by atoms with E-state index in [0.717, 1.165) is 18.7 Å². The molecule has 2 N–H and O–H groups in total. The lowest BCUT2D eigenvalue weighted by Crippen LogP contribution is -2.63. The van der Waals surface area contributed by atoms with E-state index in [-0.39, 0.29) is 24.4 Å². The van der Waals surface area contributed by atoms with Gasteiger partial charge < -0.3 is 15.4 Å². The van der Waals surface area contributed by atoms with Crippen LogP contribution in [0, 0.1) is 6.92 Å². The van der Waals surface area contributed by atoms with E-state index in [4.69, 9.17) is 4.74 Å². The number of benzene rings is 2. The Morgan fingerprint density at radius 3 is 2.44 bits per heavy atom. The normalized spacial score (nSPS) is 21.4. The van der Waals surface area contributed by atoms with Crippen LogP contribution in [-0.4, -0.2) is 55.5 Å². The maximum atomic E-state index is 12.5. The molecule has 2 aliphatic rings. The van der Waals surface area contributed by atoms with E-state index in [1.807, 2.05) is 13.0 Å². The number of nitrogens with one attached hydrogen (secondary N) is 2. The van der Waals surface area contributed by atoms with Gasteiger partial charge in [-0.05, 0) is 56.2 Å². The Kier molecular flexibility index (Phi) is 7.10. The maximum absolute atomic E-state index is 12.5. The first-order valence-electron chi connectivity index (χ1n) is 11.5. The molecule has 0 atom stereocenters. The summed E-state index contributed by atoms with van der Waals surface area (Å²) in [7, 11) is 1.53. The van der Waals surface area contributed by atoms with E-state index in [0.29, 0.717) is 23.3 Å². The lowest BCUT2D eigenvalue weighted by Gasteiger charge is -2.46. The number of ether oxygens (including phenoxy) is 1. The molecule has 0 unspecified atom stereocenters. The largest absolute Gasteiger partial charge is 0.496 e. The van der Waals surface area contributed by atoms with Crippen molar-refractivity contribution in [2.45, 2.75) is 50.6 Å². The van der Waals surface area contributed by atoms with Crippen molar-refractivity contribution in [2.24, 2.45) is 0 Å². The van der Waals surface area contributed by atoms with Crippen molar-refractivity contribution in [1.29, 1.82) is 0 Å². The molecule has 2 aromatic rings. The van der Waals surface area contributed by atoms with Crippen LogP contribution in [0.5, 0.6) is 5.75 Å². The number of rotatable bonds is 7. The zero-order valence-corrected chi connectivity index (χ0v) is 19.0. The molecule has 32 heavy (non-hydrogen) atoms. The molecule has 0 radical (unpaired) electrons. The van der Waals surface area contributed by atoms with Crippen LogP contribution >= 0.6 is 0 Å². The predicted octanol–water partition coefficient (Wildman–Crippen LogP) is 3.26. The van der Waals surface area contributed by atoms with E-state index in [1.165, 1.54) is 38.4 Å². The van der Waals surface area contributed by atoms with Gasteiger partial charge in [0.05, 0.1) is 25.3 Å². The molecule has 1 aliphatic carbocycles. The fourth-order valence-electron chi connectivity index (χ4n) is 4.94. The molecule has 4 rings (SSSR count). The van der Waals surface area contributed by atoms with E-state index in [2.05, 4.69) is 45.9 Å². The van der Waals surface area contributed by atoms with Crippen LogP contribution in [0.4, 0.5) is 0 Å². The van der Waals surface area contributed by atoms with Gasteiger partial charge in [-0.15, -0.1) is 0 Å². The monoisotopic (exact) mass is 435 g/mol. The molecule has 0 spiro atoms. The van der Waals surface area contributed by atoms with Gasteiger partial charge in [-0.2, -0.15) is 0 Å². The topological polar surface area (TPSA) is 70.7 Å². The molecule has 6 heteroatoms. The highest BCUT2D eigenvalue weighted by Crippen LogP contribution is 2.35. The number of amides is 2. The van der Waals surface area contributed by atoms with Gasteiger partial charge in [0.15, 0.2) is 0 Å². The van der Waals surface area contributed by atoms with Crippen molar-refractivity contribution in [3.8, 4) is 5.75 Å². The minimum Gasteiger partial charge on any atom is -0.496 e. The average Bonchev–Trinajstić information content (AvgIpc) is 2.80. The van der Waals surface area contributed by atoms with Crippen LogP contribution in [0.2, 0.25) is 0 Å². The minimum absolute atomic E-state index is 0.0331. The third-order valence-electron chi connectivity index (χ3n) is 6.77. The summed E-state index contributed by atoms with van der Waals surface area (Å²) in [6.07, 6.45) is 4.90. The standard InChI is InChI=1S/C26H33N3O3/c1-18-8-13-24(32-2)23(14-18)26(31)27-15-25(30)28-21-16-29(17-21)22-11-9-20(10-12-22)19-6-4-3-5-7-19/h3-8,13-14,20-22H,9-12,15-17H2,1-2H3,(H,27,31)(H,28,30). The molecular formula is C26H33N3O3. The van der Waals surface area contributed by atoms with Gasteiger partial charge in [0.1, 0.15) is 5.75 Å². The fraction of sp³-hybridized carbons (Fsp3) is 0.462. The second-order valence-electron chi connectivity index (χ2n) is 9.02. The van der Waals surface area contributed by atoms with Crippen LogP contribution in [-0.2, 0) is 4.79 Å². The Morgan fingerprint density at radius 1 is 1.03 bits per heavy atom. The quantitative estimate of drug-likeness (QED) is 0.700. The molecule has 2 amide bonds. The zero-order valence-electron chi connectivity index (χ0n) is 19.0. The SMILES string of the molecule is COc1ccc(C)cc1C(=O)NCC(=O)NC1CN(C2CCC(c3ccccc3)CC2)C1. The number of carbonyl (C=O) groups excluding carboxylic acids is 2. The second-order valence-corrected chi connectivity index (χ2v) is 9.02. The van der Waals surface area contributed by atoms with Gasteiger partial charge in [0, 0.05) is 19.1 Å². The predicted molar refractivity (Wildman–Crippen MR) is 125 cm³/mol. The minimum atomic E-state index is -0.300. The first kappa shape index (κ1) is 22.3. The highest BCUT2D eigenvalue weighted by Gasteiger charge is 2.35. The molecule has 0 bridgehead atoms. The van der Waals surface area contributed by atoms with Crippen molar-refractivity contribution < 1.29 is 14.3 Å². The van der Waals surface area contributed by atoms with Gasteiger partial charge in [0.25, 0.3) is 5.91 Å². The number of carbonyl (C=O) groups is 2. The Balaban J connectivity index is 1.16. The van der Waals surface area contributed by atoms with Crippen LogP contribution < -0.4 is 15.4 Å². The third-order valence-corrected chi connectivity index (χ3v) is 6.77. The van der Waals surface area contributed by atoms with Gasteiger partial charge >= 0.3 is 0 Å². The lowest BCUT2D eigenvalue weighted by molar-refractivity contribution is -0.122. The Hall–Kier alpha value is -2.86. The summed E-state index contributed by atoms with van der Waals surface area (Å²) >= 11 is 0. The lowest BCUT2D eigenvalue weighted by atomic mass is 9.80. The number of methoxy groups -OCH3 is 1. The van der Waals surface area contributed by atoms with Crippen LogP contribution in [0.1, 0.15) is 53.1 Å². The zero-order chi connectivity index (χ0) is 22.5. The molecule has 170 valence electrons.